The van der Waals surface area contributed by atoms with Crippen LogP contribution in [-0.2, 0) is 20.8 Å². The van der Waals surface area contributed by atoms with Gasteiger partial charge in [0, 0.05) is 13.1 Å². The largest absolute Gasteiger partial charge is 0.492 e. The summed E-state index contributed by atoms with van der Waals surface area (Å²) in [4.78, 5) is 39.8. The minimum Gasteiger partial charge on any atom is -0.492 e. The summed E-state index contributed by atoms with van der Waals surface area (Å²) in [6.07, 6.45) is 9.53. The number of para-hydroxylation sites is 1. The van der Waals surface area contributed by atoms with Crippen LogP contribution < -0.4 is 26.0 Å². The van der Waals surface area contributed by atoms with Crippen molar-refractivity contribution < 1.29 is 19.1 Å². The van der Waals surface area contributed by atoms with Gasteiger partial charge in [-0.1, -0.05) is 77.5 Å². The van der Waals surface area contributed by atoms with Crippen LogP contribution in [0.2, 0.25) is 0 Å². The Labute approximate surface area is 228 Å². The average molecular weight is 529 g/mol. The number of nitrogens with one attached hydrogen (secondary N) is 4. The van der Waals surface area contributed by atoms with Crippen LogP contribution in [0.5, 0.6) is 5.75 Å². The Kier molecular flexibility index (Phi) is 12.4. The second kappa shape index (κ2) is 15.7. The Bertz CT molecular complexity index is 900. The normalized spacial score (nSPS) is 25.3. The number of rotatable bonds is 5. The highest BCUT2D eigenvalue weighted by atomic mass is 16.5. The fourth-order valence-electron chi connectivity index (χ4n) is 5.51. The summed E-state index contributed by atoms with van der Waals surface area (Å²) in [6, 6.07) is 6.23. The predicted octanol–water partition coefficient (Wildman–Crippen LogP) is 3.48. The van der Waals surface area contributed by atoms with Crippen molar-refractivity contribution in [3.63, 3.8) is 0 Å². The zero-order valence-corrected chi connectivity index (χ0v) is 23.5. The summed E-state index contributed by atoms with van der Waals surface area (Å²) in [6.45, 7) is 7.31. The van der Waals surface area contributed by atoms with E-state index in [2.05, 4.69) is 27.3 Å². The summed E-state index contributed by atoms with van der Waals surface area (Å²) in [5.74, 6) is 0.558. The van der Waals surface area contributed by atoms with Crippen LogP contribution in [0.4, 0.5) is 0 Å². The second-order valence-electron chi connectivity index (χ2n) is 11.2. The molecule has 2 aliphatic rings. The van der Waals surface area contributed by atoms with E-state index in [1.165, 1.54) is 19.3 Å². The van der Waals surface area contributed by atoms with Crippen molar-refractivity contribution in [1.82, 2.24) is 21.3 Å². The van der Waals surface area contributed by atoms with Crippen molar-refractivity contribution >= 4 is 17.7 Å². The fraction of sp³-hybridized carbons (Fsp3) is 0.700. The van der Waals surface area contributed by atoms with Gasteiger partial charge in [-0.3, -0.25) is 14.4 Å². The van der Waals surface area contributed by atoms with Gasteiger partial charge in [-0.25, -0.2) is 0 Å². The lowest BCUT2D eigenvalue weighted by Gasteiger charge is -2.30. The van der Waals surface area contributed by atoms with Crippen molar-refractivity contribution in [3.05, 3.63) is 29.8 Å². The molecule has 0 radical (unpaired) electrons. The maximum atomic E-state index is 13.5. The van der Waals surface area contributed by atoms with E-state index in [4.69, 9.17) is 4.74 Å². The van der Waals surface area contributed by atoms with Gasteiger partial charge in [0.25, 0.3) is 0 Å². The van der Waals surface area contributed by atoms with Gasteiger partial charge >= 0.3 is 0 Å². The lowest BCUT2D eigenvalue weighted by Crippen LogP contribution is -2.58. The lowest BCUT2D eigenvalue weighted by atomic mass is 9.84. The van der Waals surface area contributed by atoms with Gasteiger partial charge in [0.15, 0.2) is 0 Å². The van der Waals surface area contributed by atoms with Gasteiger partial charge in [-0.15, -0.1) is 0 Å². The molecule has 0 spiro atoms. The van der Waals surface area contributed by atoms with E-state index in [9.17, 15) is 14.4 Å². The topological polar surface area (TPSA) is 109 Å². The molecule has 212 valence electrons. The van der Waals surface area contributed by atoms with Crippen LogP contribution in [-0.4, -0.2) is 55.5 Å². The highest BCUT2D eigenvalue weighted by Gasteiger charge is 2.31. The first-order valence-corrected chi connectivity index (χ1v) is 14.7. The summed E-state index contributed by atoms with van der Waals surface area (Å²) >= 11 is 0. The van der Waals surface area contributed by atoms with E-state index in [0.29, 0.717) is 32.0 Å². The molecule has 0 aromatic heterocycles. The number of amides is 3. The molecule has 1 saturated carbocycles. The van der Waals surface area contributed by atoms with Crippen LogP contribution in [0.1, 0.15) is 84.1 Å². The van der Waals surface area contributed by atoms with Crippen LogP contribution in [0, 0.1) is 11.8 Å². The lowest BCUT2D eigenvalue weighted by molar-refractivity contribution is -0.133. The third-order valence-corrected chi connectivity index (χ3v) is 7.71. The third-order valence-electron chi connectivity index (χ3n) is 7.71. The quantitative estimate of drug-likeness (QED) is 0.468. The maximum Gasteiger partial charge on any atom is 0.243 e. The molecule has 0 saturated heterocycles. The predicted molar refractivity (Wildman–Crippen MR) is 150 cm³/mol. The van der Waals surface area contributed by atoms with Gasteiger partial charge in [-0.2, -0.15) is 0 Å². The summed E-state index contributed by atoms with van der Waals surface area (Å²) in [5.41, 5.74) is 1.09. The number of hydrogen-bond donors (Lipinski definition) is 4. The van der Waals surface area contributed by atoms with Crippen molar-refractivity contribution in [2.45, 2.75) is 103 Å². The second-order valence-corrected chi connectivity index (χ2v) is 11.2. The minimum atomic E-state index is -0.715. The number of aryl methyl sites for hydroxylation is 1. The zero-order valence-electron chi connectivity index (χ0n) is 23.5. The number of carbonyl (C=O) groups excluding carboxylic acids is 3. The summed E-state index contributed by atoms with van der Waals surface area (Å²) in [7, 11) is 0. The minimum absolute atomic E-state index is 0.120. The van der Waals surface area contributed by atoms with E-state index in [0.717, 1.165) is 49.8 Å². The highest BCUT2D eigenvalue weighted by molar-refractivity contribution is 5.93. The average Bonchev–Trinajstić information content (AvgIpc) is 2.91. The third kappa shape index (κ3) is 9.29. The van der Waals surface area contributed by atoms with Gasteiger partial charge in [-0.05, 0) is 49.1 Å². The Morgan fingerprint density at radius 3 is 2.39 bits per heavy atom. The van der Waals surface area contributed by atoms with E-state index in [1.807, 2.05) is 39.0 Å². The maximum absolute atomic E-state index is 13.5. The van der Waals surface area contributed by atoms with Crippen molar-refractivity contribution in [2.75, 3.05) is 19.7 Å². The monoisotopic (exact) mass is 528 g/mol. The molecule has 3 amide bonds. The molecule has 38 heavy (non-hydrogen) atoms. The van der Waals surface area contributed by atoms with Crippen molar-refractivity contribution in [1.29, 1.82) is 0 Å². The Morgan fingerprint density at radius 1 is 0.895 bits per heavy atom. The molecule has 1 aliphatic heterocycles. The molecule has 1 aliphatic carbocycles. The highest BCUT2D eigenvalue weighted by Crippen LogP contribution is 2.27. The van der Waals surface area contributed by atoms with Crippen molar-refractivity contribution in [2.24, 2.45) is 11.8 Å². The summed E-state index contributed by atoms with van der Waals surface area (Å²) < 4.78 is 6.11. The smallest absolute Gasteiger partial charge is 0.243 e. The van der Waals surface area contributed by atoms with E-state index in [1.54, 1.807) is 0 Å². The van der Waals surface area contributed by atoms with E-state index < -0.39 is 18.1 Å². The van der Waals surface area contributed by atoms with Gasteiger partial charge in [0.2, 0.25) is 17.7 Å². The molecule has 0 bridgehead atoms. The molecule has 1 aromatic carbocycles. The molecule has 1 fully saturated rings. The number of hydrogen-bond acceptors (Lipinski definition) is 5. The Hall–Kier alpha value is -2.61. The van der Waals surface area contributed by atoms with Crippen LogP contribution in [0.15, 0.2) is 24.3 Å². The molecule has 3 rings (SSSR count). The molecule has 1 aromatic rings. The first-order chi connectivity index (χ1) is 18.4. The van der Waals surface area contributed by atoms with Gasteiger partial charge < -0.3 is 26.0 Å². The fourth-order valence-corrected chi connectivity index (χ4v) is 5.51. The molecule has 0 unspecified atom stereocenters. The first-order valence-electron chi connectivity index (χ1n) is 14.7. The molecular formula is C30H48N4O4. The first kappa shape index (κ1) is 29.9. The number of carbonyl (C=O) groups is 3. The summed E-state index contributed by atoms with van der Waals surface area (Å²) in [5, 5.41) is 12.4. The Balaban J connectivity index is 1.80. The molecule has 8 nitrogen and oxygen atoms in total. The van der Waals surface area contributed by atoms with Gasteiger partial charge in [0.05, 0.1) is 6.04 Å². The molecule has 8 heteroatoms. The SMILES string of the molecule is CCC[C@@H]1NC(=O)[C@@H](C(C)C)NC(=O)[C@@H](CC2CCCCC2)NCCOc2ccccc2CCCNC1=O. The van der Waals surface area contributed by atoms with Crippen molar-refractivity contribution in [3.8, 4) is 5.75 Å². The molecule has 1 heterocycles. The standard InChI is InChI=1S/C30H48N4O4/c1-4-11-24-28(35)32-17-10-15-23-14-8-9-16-26(23)38-19-18-31-25(20-22-12-6-5-7-13-22)29(36)34-27(21(2)3)30(37)33-24/h8-9,14,16,21-22,24-25,27,31H,4-7,10-13,15,17-20H2,1-3H3,(H,32,35)(H,33,37)(H,34,36)/t24-,25+,27+/m0/s1. The molecular weight excluding hydrogens is 480 g/mol. The number of ether oxygens (including phenoxy) is 1. The molecule has 3 atom stereocenters. The number of fused-ring (bicyclic) bond motifs is 1. The number of benzene rings is 1. The van der Waals surface area contributed by atoms with Crippen LogP contribution >= 0.6 is 0 Å². The van der Waals surface area contributed by atoms with Gasteiger partial charge in [0.1, 0.15) is 24.4 Å². The Morgan fingerprint density at radius 2 is 1.66 bits per heavy atom. The van der Waals surface area contributed by atoms with E-state index >= 15 is 0 Å². The molecule has 4 N–H and O–H groups in total. The van der Waals surface area contributed by atoms with Crippen LogP contribution in [0.3, 0.4) is 0 Å². The zero-order chi connectivity index (χ0) is 27.3. The van der Waals surface area contributed by atoms with Crippen LogP contribution in [0.25, 0.3) is 0 Å². The van der Waals surface area contributed by atoms with E-state index in [-0.39, 0.29) is 23.6 Å².